The molecule has 3 rings (SSSR count). The Morgan fingerprint density at radius 2 is 1.59 bits per heavy atom. The van der Waals surface area contributed by atoms with Gasteiger partial charge in [0.2, 0.25) is 5.88 Å². The molecule has 1 heterocycles. The molecule has 1 atom stereocenters. The normalized spacial score (nSPS) is 11.5. The van der Waals surface area contributed by atoms with Crippen LogP contribution >= 0.6 is 46.4 Å². The molecule has 0 aliphatic rings. The van der Waals surface area contributed by atoms with Crippen molar-refractivity contribution in [3.63, 3.8) is 0 Å². The van der Waals surface area contributed by atoms with Crippen LogP contribution in [0.4, 0.5) is 0 Å². The summed E-state index contributed by atoms with van der Waals surface area (Å²) in [4.78, 5) is 16.2. The second-order valence-electron chi connectivity index (χ2n) is 6.36. The van der Waals surface area contributed by atoms with E-state index in [4.69, 9.17) is 65.4 Å². The predicted molar refractivity (Wildman–Crippen MR) is 124 cm³/mol. The van der Waals surface area contributed by atoms with Gasteiger partial charge in [-0.05, 0) is 55.5 Å². The lowest BCUT2D eigenvalue weighted by Crippen LogP contribution is -2.27. The first-order valence-corrected chi connectivity index (χ1v) is 10.8. The highest BCUT2D eigenvalue weighted by Gasteiger charge is 2.17. The Bertz CT molecular complexity index is 1080. The minimum Gasteiger partial charge on any atom is -0.488 e. The smallest absolute Gasteiger partial charge is 0.347 e. The standard InChI is InChI=1S/C22H17Cl4NO5/c1-13(22(28)30-9-8-29-20-7-2-14(23)10-18(20)25)31-16-3-5-17(6-4-16)32-21-19(26)11-15(24)12-27-21/h2-7,10-13H,8-9H2,1H3. The summed E-state index contributed by atoms with van der Waals surface area (Å²) in [6, 6.07) is 13.0. The second kappa shape index (κ2) is 11.5. The number of nitrogens with zero attached hydrogens (tertiary/aromatic N) is 1. The summed E-state index contributed by atoms with van der Waals surface area (Å²) in [6.07, 6.45) is 0.607. The number of pyridine rings is 1. The van der Waals surface area contributed by atoms with Gasteiger partial charge in [-0.15, -0.1) is 0 Å². The summed E-state index contributed by atoms with van der Waals surface area (Å²) < 4.78 is 21.9. The van der Waals surface area contributed by atoms with Gasteiger partial charge in [-0.3, -0.25) is 0 Å². The van der Waals surface area contributed by atoms with Crippen molar-refractivity contribution < 1.29 is 23.7 Å². The second-order valence-corrected chi connectivity index (χ2v) is 8.05. The van der Waals surface area contributed by atoms with Gasteiger partial charge in [0.25, 0.3) is 0 Å². The van der Waals surface area contributed by atoms with Crippen LogP contribution in [0.25, 0.3) is 0 Å². The monoisotopic (exact) mass is 515 g/mol. The van der Waals surface area contributed by atoms with E-state index in [1.54, 1.807) is 49.4 Å². The Kier molecular flexibility index (Phi) is 8.70. The molecule has 0 amide bonds. The summed E-state index contributed by atoms with van der Waals surface area (Å²) in [5.74, 6) is 1.09. The fourth-order valence-corrected chi connectivity index (χ4v) is 3.31. The summed E-state index contributed by atoms with van der Waals surface area (Å²) in [5.41, 5.74) is 0. The van der Waals surface area contributed by atoms with Crippen molar-refractivity contribution in [3.05, 3.63) is 74.8 Å². The zero-order chi connectivity index (χ0) is 23.1. The molecular formula is C22H17Cl4NO5. The highest BCUT2D eigenvalue weighted by Crippen LogP contribution is 2.30. The predicted octanol–water partition coefficient (Wildman–Crippen LogP) is 6.88. The number of aromatic nitrogens is 1. The molecule has 0 bridgehead atoms. The fourth-order valence-electron chi connectivity index (χ4n) is 2.43. The van der Waals surface area contributed by atoms with Crippen LogP contribution in [0, 0.1) is 0 Å². The van der Waals surface area contributed by atoms with E-state index in [0.29, 0.717) is 32.3 Å². The van der Waals surface area contributed by atoms with Gasteiger partial charge in [-0.25, -0.2) is 9.78 Å². The number of halogens is 4. The third kappa shape index (κ3) is 7.07. The first kappa shape index (κ1) is 24.3. The van der Waals surface area contributed by atoms with Gasteiger partial charge in [0, 0.05) is 11.2 Å². The van der Waals surface area contributed by atoms with Crippen LogP contribution in [0.3, 0.4) is 0 Å². The first-order chi connectivity index (χ1) is 15.3. The molecule has 0 saturated heterocycles. The van der Waals surface area contributed by atoms with Crippen LogP contribution in [0.15, 0.2) is 54.7 Å². The molecule has 0 spiro atoms. The van der Waals surface area contributed by atoms with Crippen molar-refractivity contribution in [1.82, 2.24) is 4.98 Å². The molecule has 6 nitrogen and oxygen atoms in total. The minimum absolute atomic E-state index is 0.0348. The molecule has 10 heteroatoms. The topological polar surface area (TPSA) is 66.9 Å². The Hall–Kier alpha value is -2.38. The molecule has 2 aromatic carbocycles. The van der Waals surface area contributed by atoms with E-state index < -0.39 is 12.1 Å². The maximum atomic E-state index is 12.1. The van der Waals surface area contributed by atoms with E-state index in [9.17, 15) is 4.79 Å². The van der Waals surface area contributed by atoms with E-state index in [0.717, 1.165) is 0 Å². The third-order valence-electron chi connectivity index (χ3n) is 3.94. The molecular weight excluding hydrogens is 500 g/mol. The Labute approximate surface area is 204 Å². The van der Waals surface area contributed by atoms with Crippen LogP contribution in [-0.2, 0) is 9.53 Å². The van der Waals surface area contributed by atoms with Crippen molar-refractivity contribution in [3.8, 4) is 23.1 Å². The van der Waals surface area contributed by atoms with Crippen molar-refractivity contribution in [1.29, 1.82) is 0 Å². The van der Waals surface area contributed by atoms with E-state index >= 15 is 0 Å². The fraction of sp³-hybridized carbons (Fsp3) is 0.182. The van der Waals surface area contributed by atoms with Gasteiger partial charge >= 0.3 is 5.97 Å². The summed E-state index contributed by atoms with van der Waals surface area (Å²) in [7, 11) is 0. The number of benzene rings is 2. The Balaban J connectivity index is 1.44. The lowest BCUT2D eigenvalue weighted by atomic mass is 10.3. The number of hydrogen-bond acceptors (Lipinski definition) is 6. The number of carbonyl (C=O) groups is 1. The van der Waals surface area contributed by atoms with Crippen LogP contribution in [-0.4, -0.2) is 30.3 Å². The maximum Gasteiger partial charge on any atom is 0.347 e. The summed E-state index contributed by atoms with van der Waals surface area (Å²) >= 11 is 23.7. The highest BCUT2D eigenvalue weighted by atomic mass is 35.5. The van der Waals surface area contributed by atoms with E-state index in [2.05, 4.69) is 4.98 Å². The molecule has 0 saturated carbocycles. The van der Waals surface area contributed by atoms with Crippen LogP contribution in [0.1, 0.15) is 6.92 Å². The quantitative estimate of drug-likeness (QED) is 0.228. The summed E-state index contributed by atoms with van der Waals surface area (Å²) in [6.45, 7) is 1.75. The van der Waals surface area contributed by atoms with E-state index in [1.807, 2.05) is 0 Å². The van der Waals surface area contributed by atoms with Crippen LogP contribution in [0.2, 0.25) is 20.1 Å². The third-order valence-corrected chi connectivity index (χ3v) is 4.94. The minimum atomic E-state index is -0.826. The van der Waals surface area contributed by atoms with Crippen LogP contribution < -0.4 is 14.2 Å². The van der Waals surface area contributed by atoms with Crippen molar-refractivity contribution in [2.24, 2.45) is 0 Å². The number of hydrogen-bond donors (Lipinski definition) is 0. The molecule has 0 fully saturated rings. The van der Waals surface area contributed by atoms with Gasteiger partial charge in [0.15, 0.2) is 6.10 Å². The molecule has 0 N–H and O–H groups in total. The van der Waals surface area contributed by atoms with E-state index in [1.165, 1.54) is 12.3 Å². The first-order valence-electron chi connectivity index (χ1n) is 9.32. The zero-order valence-electron chi connectivity index (χ0n) is 16.7. The highest BCUT2D eigenvalue weighted by molar-refractivity contribution is 6.35. The molecule has 0 aliphatic carbocycles. The molecule has 32 heavy (non-hydrogen) atoms. The lowest BCUT2D eigenvalue weighted by Gasteiger charge is -2.15. The number of ether oxygens (including phenoxy) is 4. The van der Waals surface area contributed by atoms with Crippen molar-refractivity contribution >= 4 is 52.4 Å². The average Bonchev–Trinajstić information content (AvgIpc) is 2.75. The van der Waals surface area contributed by atoms with Crippen LogP contribution in [0.5, 0.6) is 23.1 Å². The largest absolute Gasteiger partial charge is 0.488 e. The number of carbonyl (C=O) groups excluding carboxylic acids is 1. The number of esters is 1. The van der Waals surface area contributed by atoms with Gasteiger partial charge in [0.05, 0.1) is 10.0 Å². The zero-order valence-corrected chi connectivity index (χ0v) is 19.7. The van der Waals surface area contributed by atoms with Gasteiger partial charge in [-0.2, -0.15) is 0 Å². The average molecular weight is 517 g/mol. The van der Waals surface area contributed by atoms with Crippen molar-refractivity contribution in [2.45, 2.75) is 13.0 Å². The molecule has 0 radical (unpaired) electrons. The molecule has 1 aromatic heterocycles. The SMILES string of the molecule is CC(Oc1ccc(Oc2ncc(Cl)cc2Cl)cc1)C(=O)OCCOc1ccc(Cl)cc1Cl. The van der Waals surface area contributed by atoms with Gasteiger partial charge in [-0.1, -0.05) is 46.4 Å². The van der Waals surface area contributed by atoms with E-state index in [-0.39, 0.29) is 24.1 Å². The number of rotatable bonds is 9. The van der Waals surface area contributed by atoms with Crippen molar-refractivity contribution in [2.75, 3.05) is 13.2 Å². The summed E-state index contributed by atoms with van der Waals surface area (Å²) in [5, 5.41) is 1.58. The van der Waals surface area contributed by atoms with Gasteiger partial charge in [0.1, 0.15) is 35.5 Å². The lowest BCUT2D eigenvalue weighted by molar-refractivity contribution is -0.151. The Morgan fingerprint density at radius 1 is 0.906 bits per heavy atom. The molecule has 1 unspecified atom stereocenters. The molecule has 0 aliphatic heterocycles. The molecule has 3 aromatic rings. The maximum absolute atomic E-state index is 12.1. The van der Waals surface area contributed by atoms with Gasteiger partial charge < -0.3 is 18.9 Å². The molecule has 168 valence electrons. The Morgan fingerprint density at radius 3 is 2.28 bits per heavy atom.